The molecule has 0 unspecified atom stereocenters. The Bertz CT molecular complexity index is 1010. The standard InChI is InChI=1S/C16H15ClN4O3/c1-3-10-14(15(18)23)16-19-11(7-13(22)21(16)20-10)8-4-5-9(17)12(6-8)24-2/h4-7,20H,3H2,1-2H3,(H2,18,23). The van der Waals surface area contributed by atoms with Crippen LogP contribution in [0, 0.1) is 0 Å². The van der Waals surface area contributed by atoms with Gasteiger partial charge in [-0.05, 0) is 18.6 Å². The molecule has 7 nitrogen and oxygen atoms in total. The lowest BCUT2D eigenvalue weighted by Gasteiger charge is -2.06. The number of fused-ring (bicyclic) bond motifs is 1. The third kappa shape index (κ3) is 2.52. The van der Waals surface area contributed by atoms with Gasteiger partial charge < -0.3 is 10.5 Å². The highest BCUT2D eigenvalue weighted by atomic mass is 35.5. The largest absolute Gasteiger partial charge is 0.495 e. The predicted octanol–water partition coefficient (Wildman–Crippen LogP) is 2.01. The second-order valence-corrected chi connectivity index (χ2v) is 5.58. The molecule has 0 spiro atoms. The maximum atomic E-state index is 12.4. The first kappa shape index (κ1) is 16.1. The molecule has 3 rings (SSSR count). The number of aryl methyl sites for hydroxylation is 1. The summed E-state index contributed by atoms with van der Waals surface area (Å²) in [7, 11) is 1.50. The van der Waals surface area contributed by atoms with Crippen molar-refractivity contribution < 1.29 is 9.53 Å². The van der Waals surface area contributed by atoms with Crippen molar-refractivity contribution in [2.24, 2.45) is 5.73 Å². The predicted molar refractivity (Wildman–Crippen MR) is 90.7 cm³/mol. The van der Waals surface area contributed by atoms with E-state index < -0.39 is 5.91 Å². The highest BCUT2D eigenvalue weighted by Crippen LogP contribution is 2.29. The minimum Gasteiger partial charge on any atom is -0.495 e. The first-order valence-corrected chi connectivity index (χ1v) is 7.62. The summed E-state index contributed by atoms with van der Waals surface area (Å²) in [5, 5.41) is 3.32. The Morgan fingerprint density at radius 1 is 1.42 bits per heavy atom. The molecule has 3 aromatic rings. The molecule has 0 fully saturated rings. The molecular weight excluding hydrogens is 332 g/mol. The molecule has 0 aliphatic carbocycles. The third-order valence-electron chi connectivity index (χ3n) is 3.74. The van der Waals surface area contributed by atoms with Gasteiger partial charge in [0, 0.05) is 17.3 Å². The molecule has 0 saturated heterocycles. The molecule has 124 valence electrons. The highest BCUT2D eigenvalue weighted by Gasteiger charge is 2.19. The smallest absolute Gasteiger partial charge is 0.273 e. The average molecular weight is 347 g/mol. The number of ether oxygens (including phenoxy) is 1. The van der Waals surface area contributed by atoms with Gasteiger partial charge >= 0.3 is 0 Å². The molecule has 1 aromatic carbocycles. The Kier molecular flexibility index (Phi) is 4.02. The molecule has 1 amide bonds. The van der Waals surface area contributed by atoms with E-state index in [-0.39, 0.29) is 16.8 Å². The second-order valence-electron chi connectivity index (χ2n) is 5.17. The summed E-state index contributed by atoms with van der Waals surface area (Å²) >= 11 is 6.02. The average Bonchev–Trinajstić information content (AvgIpc) is 2.94. The van der Waals surface area contributed by atoms with E-state index in [1.807, 2.05) is 6.92 Å². The number of H-pyrrole nitrogens is 1. The van der Waals surface area contributed by atoms with Crippen LogP contribution in [0.4, 0.5) is 0 Å². The second kappa shape index (κ2) is 6.01. The van der Waals surface area contributed by atoms with Crippen molar-refractivity contribution in [3.63, 3.8) is 0 Å². The van der Waals surface area contributed by atoms with E-state index in [1.54, 1.807) is 18.2 Å². The molecule has 8 heteroatoms. The van der Waals surface area contributed by atoms with Gasteiger partial charge in [-0.3, -0.25) is 14.7 Å². The van der Waals surface area contributed by atoms with Gasteiger partial charge in [0.15, 0.2) is 5.65 Å². The number of carbonyl (C=O) groups is 1. The molecule has 0 aliphatic rings. The molecule has 0 saturated carbocycles. The number of benzene rings is 1. The number of hydrogen-bond acceptors (Lipinski definition) is 4. The minimum absolute atomic E-state index is 0.204. The lowest BCUT2D eigenvalue weighted by Crippen LogP contribution is -2.16. The van der Waals surface area contributed by atoms with Crippen molar-refractivity contribution in [2.45, 2.75) is 13.3 Å². The van der Waals surface area contributed by atoms with Crippen molar-refractivity contribution in [3.8, 4) is 17.0 Å². The van der Waals surface area contributed by atoms with Crippen LogP contribution >= 0.6 is 11.6 Å². The molecule has 0 bridgehead atoms. The van der Waals surface area contributed by atoms with Crippen molar-refractivity contribution in [3.05, 3.63) is 50.9 Å². The van der Waals surface area contributed by atoms with E-state index in [0.717, 1.165) is 0 Å². The van der Waals surface area contributed by atoms with Gasteiger partial charge in [-0.1, -0.05) is 24.6 Å². The lowest BCUT2D eigenvalue weighted by molar-refractivity contribution is 0.100. The molecule has 24 heavy (non-hydrogen) atoms. The van der Waals surface area contributed by atoms with Crippen LogP contribution in [0.25, 0.3) is 16.9 Å². The molecule has 0 radical (unpaired) electrons. The van der Waals surface area contributed by atoms with Crippen LogP contribution in [-0.4, -0.2) is 27.6 Å². The summed E-state index contributed by atoms with van der Waals surface area (Å²) in [5.74, 6) is -0.169. The fourth-order valence-corrected chi connectivity index (χ4v) is 2.76. The SMILES string of the molecule is CCc1[nH]n2c(=O)cc(-c3ccc(Cl)c(OC)c3)nc2c1C(N)=O. The Morgan fingerprint density at radius 2 is 2.17 bits per heavy atom. The monoisotopic (exact) mass is 346 g/mol. The minimum atomic E-state index is -0.636. The fourth-order valence-electron chi connectivity index (χ4n) is 2.57. The van der Waals surface area contributed by atoms with Crippen LogP contribution in [0.15, 0.2) is 29.1 Å². The van der Waals surface area contributed by atoms with Crippen molar-refractivity contribution >= 4 is 23.2 Å². The maximum absolute atomic E-state index is 12.4. The van der Waals surface area contributed by atoms with Crippen molar-refractivity contribution in [1.29, 1.82) is 0 Å². The van der Waals surface area contributed by atoms with Crippen molar-refractivity contribution in [2.75, 3.05) is 7.11 Å². The molecule has 0 aliphatic heterocycles. The molecule has 3 N–H and O–H groups in total. The van der Waals surface area contributed by atoms with Gasteiger partial charge in [0.2, 0.25) is 0 Å². The number of halogens is 1. The number of primary amides is 1. The normalized spacial score (nSPS) is 11.0. The number of nitrogens with zero attached hydrogens (tertiary/aromatic N) is 2. The van der Waals surface area contributed by atoms with E-state index in [9.17, 15) is 9.59 Å². The number of nitrogens with one attached hydrogen (secondary N) is 1. The highest BCUT2D eigenvalue weighted by molar-refractivity contribution is 6.32. The number of methoxy groups -OCH3 is 1. The topological polar surface area (TPSA) is 102 Å². The summed E-state index contributed by atoms with van der Waals surface area (Å²) in [6, 6.07) is 6.43. The first-order chi connectivity index (χ1) is 11.5. The first-order valence-electron chi connectivity index (χ1n) is 7.24. The molecular formula is C16H15ClN4O3. The van der Waals surface area contributed by atoms with Crippen LogP contribution in [0.2, 0.25) is 5.02 Å². The van der Waals surface area contributed by atoms with Gasteiger partial charge in [-0.15, -0.1) is 0 Å². The van der Waals surface area contributed by atoms with E-state index in [4.69, 9.17) is 22.1 Å². The van der Waals surface area contributed by atoms with E-state index in [2.05, 4.69) is 10.1 Å². The van der Waals surface area contributed by atoms with Crippen LogP contribution in [0.5, 0.6) is 5.75 Å². The summed E-state index contributed by atoms with van der Waals surface area (Å²) in [5.41, 5.74) is 7.15. The van der Waals surface area contributed by atoms with Gasteiger partial charge in [-0.2, -0.15) is 0 Å². The Morgan fingerprint density at radius 3 is 2.79 bits per heavy atom. The number of carbonyl (C=O) groups excluding carboxylic acids is 1. The summed E-state index contributed by atoms with van der Waals surface area (Å²) < 4.78 is 6.40. The Balaban J connectivity index is 2.29. The quantitative estimate of drug-likeness (QED) is 0.754. The lowest BCUT2D eigenvalue weighted by atomic mass is 10.1. The van der Waals surface area contributed by atoms with Crippen LogP contribution < -0.4 is 16.0 Å². The zero-order chi connectivity index (χ0) is 17.4. The number of rotatable bonds is 4. The number of aromatic nitrogens is 3. The van der Waals surface area contributed by atoms with Gasteiger partial charge in [-0.25, -0.2) is 9.50 Å². The van der Waals surface area contributed by atoms with E-state index in [1.165, 1.54) is 17.7 Å². The number of hydrogen-bond donors (Lipinski definition) is 2. The number of amides is 1. The summed E-state index contributed by atoms with van der Waals surface area (Å²) in [4.78, 5) is 28.6. The number of nitrogens with two attached hydrogens (primary N) is 1. The zero-order valence-corrected chi connectivity index (χ0v) is 13.8. The molecule has 0 atom stereocenters. The van der Waals surface area contributed by atoms with Crippen LogP contribution in [-0.2, 0) is 6.42 Å². The number of aromatic amines is 1. The zero-order valence-electron chi connectivity index (χ0n) is 13.1. The third-order valence-corrected chi connectivity index (χ3v) is 4.05. The maximum Gasteiger partial charge on any atom is 0.273 e. The fraction of sp³-hybridized carbons (Fsp3) is 0.188. The van der Waals surface area contributed by atoms with E-state index >= 15 is 0 Å². The van der Waals surface area contributed by atoms with E-state index in [0.29, 0.717) is 34.1 Å². The summed E-state index contributed by atoms with van der Waals surface area (Å²) in [6.45, 7) is 1.85. The van der Waals surface area contributed by atoms with Gasteiger partial charge in [0.25, 0.3) is 11.5 Å². The molecule has 2 heterocycles. The molecule has 2 aromatic heterocycles. The summed E-state index contributed by atoms with van der Waals surface area (Å²) in [6.07, 6.45) is 0.519. The Hall–Kier alpha value is -2.80. The Labute approximate surface area is 142 Å². The van der Waals surface area contributed by atoms with Crippen molar-refractivity contribution in [1.82, 2.24) is 14.6 Å². The van der Waals surface area contributed by atoms with Crippen LogP contribution in [0.3, 0.4) is 0 Å². The van der Waals surface area contributed by atoms with Gasteiger partial charge in [0.05, 0.1) is 17.8 Å². The van der Waals surface area contributed by atoms with Crippen LogP contribution in [0.1, 0.15) is 23.0 Å². The van der Waals surface area contributed by atoms with Gasteiger partial charge in [0.1, 0.15) is 11.3 Å².